The van der Waals surface area contributed by atoms with Crippen LogP contribution in [0.1, 0.15) is 13.9 Å². The molecule has 2 aromatic rings. The van der Waals surface area contributed by atoms with Crippen LogP contribution in [0.25, 0.3) is 5.65 Å². The molecular weight excluding hydrogens is 142 g/mol. The minimum atomic E-state index is -2.66. The van der Waals surface area contributed by atoms with Crippen molar-refractivity contribution in [3.05, 3.63) is 34.6 Å². The summed E-state index contributed by atoms with van der Waals surface area (Å²) >= 11 is 0. The van der Waals surface area contributed by atoms with Gasteiger partial charge in [-0.3, -0.25) is 4.79 Å². The molecule has 0 aliphatic carbocycles. The zero-order valence-corrected chi connectivity index (χ0v) is 5.30. The van der Waals surface area contributed by atoms with Crippen molar-refractivity contribution in [2.45, 2.75) is 6.85 Å². The highest BCUT2D eigenvalue weighted by Crippen LogP contribution is 1.93. The first-order chi connectivity index (χ1) is 7.73. The lowest BCUT2D eigenvalue weighted by atomic mass is 10.5. The molecule has 2 rings (SSSR count). The molecule has 0 amide bonds. The second-order valence-electron chi connectivity index (χ2n) is 1.94. The second kappa shape index (κ2) is 1.95. The Morgan fingerprint density at radius 2 is 2.82 bits per heavy atom. The third kappa shape index (κ3) is 0.832. The number of aromatic amines is 1. The lowest BCUT2D eigenvalue weighted by molar-refractivity contribution is 1.04. The Kier molecular flexibility index (Phi) is 0.439. The van der Waals surface area contributed by atoms with Crippen molar-refractivity contribution < 1.29 is 8.22 Å². The molecular formula is C7H7N3O. The molecule has 2 heterocycles. The van der Waals surface area contributed by atoms with Crippen molar-refractivity contribution in [1.29, 1.82) is 0 Å². The van der Waals surface area contributed by atoms with Gasteiger partial charge in [0, 0.05) is 28.3 Å². The fourth-order valence-corrected chi connectivity index (χ4v) is 0.773. The summed E-state index contributed by atoms with van der Waals surface area (Å²) in [6.45, 7) is -2.66. The Hall–Kier alpha value is -1.58. The average molecular weight is 155 g/mol. The quantitative estimate of drug-likeness (QED) is 0.596. The van der Waals surface area contributed by atoms with Crippen molar-refractivity contribution >= 4 is 5.65 Å². The van der Waals surface area contributed by atoms with E-state index >= 15 is 0 Å². The number of fused-ring (bicyclic) bond motifs is 1. The van der Waals surface area contributed by atoms with E-state index in [0.717, 1.165) is 4.40 Å². The Morgan fingerprint density at radius 3 is 3.64 bits per heavy atom. The van der Waals surface area contributed by atoms with E-state index in [9.17, 15) is 4.79 Å². The van der Waals surface area contributed by atoms with Crippen LogP contribution in [0, 0.1) is 6.85 Å². The van der Waals surface area contributed by atoms with Crippen molar-refractivity contribution in [3.63, 3.8) is 0 Å². The molecule has 1 N–H and O–H groups in total. The Morgan fingerprint density at radius 1 is 1.91 bits per heavy atom. The molecule has 0 radical (unpaired) electrons. The summed E-state index contributed by atoms with van der Waals surface area (Å²) in [4.78, 5) is 17.1. The maximum absolute atomic E-state index is 11.5. The summed E-state index contributed by atoms with van der Waals surface area (Å²) in [7, 11) is 0. The number of aromatic nitrogens is 3. The van der Waals surface area contributed by atoms with Gasteiger partial charge in [0.1, 0.15) is 0 Å². The van der Waals surface area contributed by atoms with Crippen molar-refractivity contribution in [3.8, 4) is 0 Å². The van der Waals surface area contributed by atoms with Gasteiger partial charge in [0.05, 0.1) is 4.11 Å². The van der Waals surface area contributed by atoms with Gasteiger partial charge in [-0.05, 0) is 6.85 Å². The van der Waals surface area contributed by atoms with Gasteiger partial charge in [-0.15, -0.1) is 0 Å². The number of rotatable bonds is 0. The molecule has 56 valence electrons. The number of nitrogens with zero attached hydrogens (tertiary/aromatic N) is 2. The molecule has 0 aromatic carbocycles. The minimum absolute atomic E-state index is 0.321. The Bertz CT molecular complexity index is 654. The first-order valence-corrected chi connectivity index (χ1v) is 2.82. The van der Waals surface area contributed by atoms with Crippen molar-refractivity contribution in [2.24, 2.45) is 0 Å². The highest BCUT2D eigenvalue weighted by atomic mass is 16.1. The van der Waals surface area contributed by atoms with Gasteiger partial charge in [-0.25, -0.2) is 4.98 Å². The van der Waals surface area contributed by atoms with Crippen LogP contribution < -0.4 is 5.56 Å². The molecule has 0 saturated heterocycles. The topological polar surface area (TPSA) is 50.2 Å². The van der Waals surface area contributed by atoms with Gasteiger partial charge in [-0.2, -0.15) is 0 Å². The number of aryl methyl sites for hydroxylation is 1. The molecule has 4 nitrogen and oxygen atoms in total. The first kappa shape index (κ1) is 2.48. The van der Waals surface area contributed by atoms with E-state index in [4.69, 9.17) is 8.22 Å². The van der Waals surface area contributed by atoms with Crippen LogP contribution in [-0.2, 0) is 0 Å². The maximum atomic E-state index is 11.5. The molecule has 4 heteroatoms. The number of imidazole rings is 1. The summed E-state index contributed by atoms with van der Waals surface area (Å²) in [6.07, 6.45) is -1.52. The van der Waals surface area contributed by atoms with Crippen LogP contribution in [0.5, 0.6) is 0 Å². The third-order valence-electron chi connectivity index (χ3n) is 1.20. The van der Waals surface area contributed by atoms with Crippen molar-refractivity contribution in [1.82, 2.24) is 14.4 Å². The van der Waals surface area contributed by atoms with Gasteiger partial charge in [0.2, 0.25) is 5.65 Å². The molecule has 2 aromatic heterocycles. The van der Waals surface area contributed by atoms with Gasteiger partial charge < -0.3 is 9.38 Å². The fraction of sp³-hybridized carbons (Fsp3) is 0.143. The fourth-order valence-electron chi connectivity index (χ4n) is 0.773. The highest BCUT2D eigenvalue weighted by Gasteiger charge is 1.97. The lowest BCUT2D eigenvalue weighted by Crippen LogP contribution is -2.10. The maximum Gasteiger partial charge on any atom is 0.291 e. The summed E-state index contributed by atoms with van der Waals surface area (Å²) in [6, 6.07) is 0. The second-order valence-corrected chi connectivity index (χ2v) is 1.94. The third-order valence-corrected chi connectivity index (χ3v) is 1.20. The number of hydrogen-bond acceptors (Lipinski definition) is 2. The normalized spacial score (nSPS) is 19.6. The molecule has 0 saturated carbocycles. The molecule has 0 aliphatic heterocycles. The molecule has 0 bridgehead atoms. The first-order valence-electron chi connectivity index (χ1n) is 5.82. The standard InChI is InChI=1S/C7H7N3O/c1-5-4-10-3-2-8-6(10)7(11)9-5/h2-4H,1H3,(H,9,11)/i1D3,2D,3D,4D. The summed E-state index contributed by atoms with van der Waals surface area (Å²) in [5, 5.41) is 0. The van der Waals surface area contributed by atoms with E-state index in [0.29, 0.717) is 0 Å². The van der Waals surface area contributed by atoms with E-state index in [2.05, 4.69) is 4.98 Å². The zero-order valence-electron chi connectivity index (χ0n) is 11.3. The van der Waals surface area contributed by atoms with Crippen LogP contribution in [0.4, 0.5) is 0 Å². The Balaban J connectivity index is 2.99. The minimum Gasteiger partial charge on any atom is -0.322 e. The molecule has 0 fully saturated rings. The van der Waals surface area contributed by atoms with E-state index in [1.54, 1.807) is 0 Å². The largest absolute Gasteiger partial charge is 0.322 e. The van der Waals surface area contributed by atoms with E-state index in [1.165, 1.54) is 0 Å². The van der Waals surface area contributed by atoms with Crippen LogP contribution in [0.2, 0.25) is 0 Å². The summed E-state index contributed by atoms with van der Waals surface area (Å²) in [5.41, 5.74) is -1.72. The van der Waals surface area contributed by atoms with Crippen LogP contribution in [0.3, 0.4) is 0 Å². The van der Waals surface area contributed by atoms with Crippen LogP contribution in [-0.4, -0.2) is 14.4 Å². The summed E-state index contributed by atoms with van der Waals surface area (Å²) in [5.74, 6) is 0. The predicted octanol–water partition coefficient (Wildman–Crippen LogP) is 0.331. The SMILES string of the molecule is [2H]c1nc2c(=O)[nH]c(C([2H])([2H])[2H])c([2H])n2c1[2H]. The van der Waals surface area contributed by atoms with Gasteiger partial charge in [0.25, 0.3) is 5.56 Å². The van der Waals surface area contributed by atoms with Gasteiger partial charge in [0.15, 0.2) is 0 Å². The smallest absolute Gasteiger partial charge is 0.291 e. The number of hydrogen-bond donors (Lipinski definition) is 1. The predicted molar refractivity (Wildman–Crippen MR) is 40.5 cm³/mol. The molecule has 0 unspecified atom stereocenters. The zero-order chi connectivity index (χ0) is 13.0. The van der Waals surface area contributed by atoms with E-state index in [-0.39, 0.29) is 5.65 Å². The molecule has 0 aliphatic rings. The van der Waals surface area contributed by atoms with E-state index in [1.807, 2.05) is 4.98 Å². The van der Waals surface area contributed by atoms with E-state index < -0.39 is 36.6 Å². The monoisotopic (exact) mass is 155 g/mol. The molecule has 11 heavy (non-hydrogen) atoms. The van der Waals surface area contributed by atoms with Gasteiger partial charge >= 0.3 is 0 Å². The summed E-state index contributed by atoms with van der Waals surface area (Å²) < 4.78 is 44.6. The van der Waals surface area contributed by atoms with Gasteiger partial charge in [-0.1, -0.05) is 0 Å². The highest BCUT2D eigenvalue weighted by molar-refractivity contribution is 5.34. The number of nitrogens with one attached hydrogen (secondary N) is 1. The number of H-pyrrole nitrogens is 1. The average Bonchev–Trinajstić information content (AvgIpc) is 2.49. The van der Waals surface area contributed by atoms with Crippen LogP contribution >= 0.6 is 0 Å². The lowest BCUT2D eigenvalue weighted by Gasteiger charge is -1.93. The van der Waals surface area contributed by atoms with Crippen molar-refractivity contribution in [2.75, 3.05) is 0 Å². The Labute approximate surface area is 70.9 Å². The molecule has 0 atom stereocenters. The van der Waals surface area contributed by atoms with Crippen LogP contribution in [0.15, 0.2) is 23.3 Å². The molecule has 0 spiro atoms.